The third-order valence-corrected chi connectivity index (χ3v) is 3.52. The Morgan fingerprint density at radius 1 is 1.05 bits per heavy atom. The summed E-state index contributed by atoms with van der Waals surface area (Å²) in [7, 11) is 0. The molecule has 0 N–H and O–H groups in total. The van der Waals surface area contributed by atoms with Crippen molar-refractivity contribution in [1.82, 2.24) is 0 Å². The minimum atomic E-state index is -4.29. The lowest BCUT2D eigenvalue weighted by atomic mass is 9.96. The van der Waals surface area contributed by atoms with E-state index in [-0.39, 0.29) is 0 Å². The van der Waals surface area contributed by atoms with Crippen LogP contribution < -0.4 is 4.74 Å². The SMILES string of the molecule is CCCCC(CC)CCOc1ccc(C(F)(F)F)cc1. The second-order valence-electron chi connectivity index (χ2n) is 5.08. The molecule has 0 bridgehead atoms. The van der Waals surface area contributed by atoms with E-state index >= 15 is 0 Å². The molecule has 0 saturated heterocycles. The van der Waals surface area contributed by atoms with Crippen molar-refractivity contribution >= 4 is 0 Å². The van der Waals surface area contributed by atoms with E-state index in [1.54, 1.807) is 0 Å². The second-order valence-corrected chi connectivity index (χ2v) is 5.08. The summed E-state index contributed by atoms with van der Waals surface area (Å²) >= 11 is 0. The van der Waals surface area contributed by atoms with Crippen LogP contribution in [0.25, 0.3) is 0 Å². The molecule has 4 heteroatoms. The number of hydrogen-bond donors (Lipinski definition) is 0. The van der Waals surface area contributed by atoms with Gasteiger partial charge in [0.25, 0.3) is 0 Å². The van der Waals surface area contributed by atoms with Crippen LogP contribution in [0.5, 0.6) is 5.75 Å². The monoisotopic (exact) mass is 288 g/mol. The molecule has 0 amide bonds. The predicted octanol–water partition coefficient (Wildman–Crippen LogP) is 5.69. The molecule has 0 aliphatic heterocycles. The zero-order chi connectivity index (χ0) is 15.0. The van der Waals surface area contributed by atoms with Crippen LogP contribution >= 0.6 is 0 Å². The van der Waals surface area contributed by atoms with Crippen molar-refractivity contribution in [2.75, 3.05) is 6.61 Å². The third kappa shape index (κ3) is 5.85. The first kappa shape index (κ1) is 16.9. The molecule has 0 heterocycles. The van der Waals surface area contributed by atoms with Gasteiger partial charge in [-0.15, -0.1) is 0 Å². The molecule has 0 radical (unpaired) electrons. The first-order valence-electron chi connectivity index (χ1n) is 7.27. The lowest BCUT2D eigenvalue weighted by molar-refractivity contribution is -0.137. The Bertz CT molecular complexity index is 370. The lowest BCUT2D eigenvalue weighted by Crippen LogP contribution is -2.07. The van der Waals surface area contributed by atoms with Gasteiger partial charge in [-0.1, -0.05) is 39.5 Å². The minimum Gasteiger partial charge on any atom is -0.494 e. The van der Waals surface area contributed by atoms with E-state index in [1.807, 2.05) is 0 Å². The quantitative estimate of drug-likeness (QED) is 0.597. The summed E-state index contributed by atoms with van der Waals surface area (Å²) in [4.78, 5) is 0. The smallest absolute Gasteiger partial charge is 0.416 e. The largest absolute Gasteiger partial charge is 0.494 e. The number of ether oxygens (including phenoxy) is 1. The molecular weight excluding hydrogens is 265 g/mol. The summed E-state index contributed by atoms with van der Waals surface area (Å²) in [6.07, 6.45) is 1.40. The molecule has 1 unspecified atom stereocenters. The summed E-state index contributed by atoms with van der Waals surface area (Å²) in [6.45, 7) is 4.90. The topological polar surface area (TPSA) is 9.23 Å². The predicted molar refractivity (Wildman–Crippen MR) is 74.9 cm³/mol. The van der Waals surface area contributed by atoms with Crippen molar-refractivity contribution in [2.45, 2.75) is 52.1 Å². The average molecular weight is 288 g/mol. The number of unbranched alkanes of at least 4 members (excludes halogenated alkanes) is 1. The number of halogens is 3. The molecule has 1 aromatic rings. The Morgan fingerprint density at radius 3 is 2.20 bits per heavy atom. The van der Waals surface area contributed by atoms with E-state index < -0.39 is 11.7 Å². The maximum absolute atomic E-state index is 12.4. The zero-order valence-electron chi connectivity index (χ0n) is 12.2. The van der Waals surface area contributed by atoms with E-state index in [0.717, 1.165) is 25.0 Å². The number of rotatable bonds is 8. The molecule has 0 spiro atoms. The van der Waals surface area contributed by atoms with Gasteiger partial charge in [0.15, 0.2) is 0 Å². The van der Waals surface area contributed by atoms with Gasteiger partial charge in [0.1, 0.15) is 5.75 Å². The van der Waals surface area contributed by atoms with Crippen LogP contribution in [-0.2, 0) is 6.18 Å². The Labute approximate surface area is 119 Å². The zero-order valence-corrected chi connectivity index (χ0v) is 12.2. The van der Waals surface area contributed by atoms with Gasteiger partial charge in [-0.2, -0.15) is 13.2 Å². The summed E-state index contributed by atoms with van der Waals surface area (Å²) in [5.74, 6) is 1.15. The number of alkyl halides is 3. The average Bonchev–Trinajstić information content (AvgIpc) is 2.42. The van der Waals surface area contributed by atoms with Crippen LogP contribution in [0.15, 0.2) is 24.3 Å². The highest BCUT2D eigenvalue weighted by atomic mass is 19.4. The highest BCUT2D eigenvalue weighted by molar-refractivity contribution is 5.28. The maximum Gasteiger partial charge on any atom is 0.416 e. The van der Waals surface area contributed by atoms with Gasteiger partial charge in [0, 0.05) is 0 Å². The Kier molecular flexibility index (Phi) is 6.89. The number of benzene rings is 1. The van der Waals surface area contributed by atoms with Crippen molar-refractivity contribution in [3.63, 3.8) is 0 Å². The number of hydrogen-bond acceptors (Lipinski definition) is 1. The van der Waals surface area contributed by atoms with Crippen molar-refractivity contribution in [1.29, 1.82) is 0 Å². The molecule has 114 valence electrons. The van der Waals surface area contributed by atoms with Crippen LogP contribution in [0.2, 0.25) is 0 Å². The highest BCUT2D eigenvalue weighted by Crippen LogP contribution is 2.30. The van der Waals surface area contributed by atoms with Crippen molar-refractivity contribution in [3.8, 4) is 5.75 Å². The van der Waals surface area contributed by atoms with Gasteiger partial charge >= 0.3 is 6.18 Å². The molecule has 1 aromatic carbocycles. The fourth-order valence-electron chi connectivity index (χ4n) is 2.13. The summed E-state index contributed by atoms with van der Waals surface area (Å²) in [5, 5.41) is 0. The van der Waals surface area contributed by atoms with Gasteiger partial charge in [0.05, 0.1) is 12.2 Å². The standard InChI is InChI=1S/C16H23F3O/c1-3-5-6-13(4-2)11-12-20-15-9-7-14(8-10-15)16(17,18)19/h7-10,13H,3-6,11-12H2,1-2H3. The van der Waals surface area contributed by atoms with Crippen molar-refractivity contribution in [2.24, 2.45) is 5.92 Å². The Balaban J connectivity index is 2.38. The molecule has 1 rings (SSSR count). The van der Waals surface area contributed by atoms with E-state index in [4.69, 9.17) is 4.74 Å². The molecule has 0 aliphatic carbocycles. The van der Waals surface area contributed by atoms with Gasteiger partial charge in [-0.3, -0.25) is 0 Å². The molecule has 1 atom stereocenters. The molecule has 1 nitrogen and oxygen atoms in total. The molecular formula is C16H23F3O. The van der Waals surface area contributed by atoms with Crippen LogP contribution in [0.1, 0.15) is 51.5 Å². The molecule has 0 aliphatic rings. The Morgan fingerprint density at radius 2 is 1.70 bits per heavy atom. The van der Waals surface area contributed by atoms with E-state index in [2.05, 4.69) is 13.8 Å². The van der Waals surface area contributed by atoms with E-state index in [0.29, 0.717) is 18.3 Å². The lowest BCUT2D eigenvalue weighted by Gasteiger charge is -2.15. The summed E-state index contributed by atoms with van der Waals surface area (Å²) in [6, 6.07) is 4.89. The molecule has 20 heavy (non-hydrogen) atoms. The van der Waals surface area contributed by atoms with E-state index in [1.165, 1.54) is 31.4 Å². The van der Waals surface area contributed by atoms with E-state index in [9.17, 15) is 13.2 Å². The first-order valence-corrected chi connectivity index (χ1v) is 7.27. The van der Waals surface area contributed by atoms with Gasteiger partial charge in [-0.05, 0) is 36.6 Å². The highest BCUT2D eigenvalue weighted by Gasteiger charge is 2.29. The first-order chi connectivity index (χ1) is 9.47. The fourth-order valence-corrected chi connectivity index (χ4v) is 2.13. The van der Waals surface area contributed by atoms with Gasteiger partial charge in [-0.25, -0.2) is 0 Å². The van der Waals surface area contributed by atoms with Gasteiger partial charge in [0.2, 0.25) is 0 Å². The summed E-state index contributed by atoms with van der Waals surface area (Å²) < 4.78 is 42.7. The van der Waals surface area contributed by atoms with Crippen LogP contribution in [0, 0.1) is 5.92 Å². The fraction of sp³-hybridized carbons (Fsp3) is 0.625. The normalized spacial score (nSPS) is 13.2. The molecule has 0 saturated carbocycles. The Hall–Kier alpha value is -1.19. The van der Waals surface area contributed by atoms with Crippen molar-refractivity contribution in [3.05, 3.63) is 29.8 Å². The molecule has 0 aromatic heterocycles. The van der Waals surface area contributed by atoms with Crippen LogP contribution in [0.4, 0.5) is 13.2 Å². The molecule has 0 fully saturated rings. The second kappa shape index (κ2) is 8.18. The minimum absolute atomic E-state index is 0.503. The van der Waals surface area contributed by atoms with Gasteiger partial charge < -0.3 is 4.74 Å². The maximum atomic E-state index is 12.4. The third-order valence-electron chi connectivity index (χ3n) is 3.52. The van der Waals surface area contributed by atoms with Crippen LogP contribution in [0.3, 0.4) is 0 Å². The summed E-state index contributed by atoms with van der Waals surface area (Å²) in [5.41, 5.74) is -0.640. The van der Waals surface area contributed by atoms with Crippen molar-refractivity contribution < 1.29 is 17.9 Å². The van der Waals surface area contributed by atoms with Crippen LogP contribution in [-0.4, -0.2) is 6.61 Å².